The number of carbonyl (C=O) groups is 3. The molecule has 9 heteroatoms. The number of esters is 1. The first-order valence-electron chi connectivity index (χ1n) is 12.4. The molecule has 1 fully saturated rings. The first-order chi connectivity index (χ1) is 18.7. The molecule has 8 nitrogen and oxygen atoms in total. The van der Waals surface area contributed by atoms with Crippen LogP contribution in [0.4, 0.5) is 5.13 Å². The molecule has 0 aliphatic carbocycles. The lowest BCUT2D eigenvalue weighted by Gasteiger charge is -2.23. The zero-order valence-electron chi connectivity index (χ0n) is 21.4. The molecule has 2 atom stereocenters. The number of thiazole rings is 1. The second-order valence-electron chi connectivity index (χ2n) is 9.71. The number of nitrogens with zero attached hydrogens (tertiary/aromatic N) is 2. The first-order valence-corrected chi connectivity index (χ1v) is 13.2. The monoisotopic (exact) mass is 540 g/mol. The predicted octanol–water partition coefficient (Wildman–Crippen LogP) is 5.34. The topological polar surface area (TPSA) is 106 Å². The summed E-state index contributed by atoms with van der Waals surface area (Å²) >= 11 is 1.30. The predicted molar refractivity (Wildman–Crippen MR) is 147 cm³/mol. The number of carbonyl (C=O) groups excluding carboxylic acids is 3. The van der Waals surface area contributed by atoms with Crippen molar-refractivity contribution in [3.8, 4) is 5.75 Å². The summed E-state index contributed by atoms with van der Waals surface area (Å²) in [6.45, 7) is 3.93. The van der Waals surface area contributed by atoms with E-state index in [2.05, 4.69) is 4.98 Å². The molecule has 1 saturated heterocycles. The van der Waals surface area contributed by atoms with Crippen molar-refractivity contribution in [3.05, 3.63) is 94.1 Å². The minimum absolute atomic E-state index is 0.0129. The number of aryl methyl sites for hydroxylation is 1. The molecule has 39 heavy (non-hydrogen) atoms. The normalized spacial score (nSPS) is 19.8. The van der Waals surface area contributed by atoms with E-state index in [1.165, 1.54) is 23.3 Å². The molecule has 0 saturated carbocycles. The van der Waals surface area contributed by atoms with Crippen molar-refractivity contribution in [3.63, 3.8) is 0 Å². The highest BCUT2D eigenvalue weighted by atomic mass is 32.1. The maximum atomic E-state index is 13.5. The minimum Gasteiger partial charge on any atom is -0.507 e. The van der Waals surface area contributed by atoms with E-state index in [4.69, 9.17) is 9.47 Å². The summed E-state index contributed by atoms with van der Waals surface area (Å²) < 4.78 is 11.5. The van der Waals surface area contributed by atoms with E-state index in [9.17, 15) is 19.5 Å². The van der Waals surface area contributed by atoms with Gasteiger partial charge in [0.15, 0.2) is 5.13 Å². The van der Waals surface area contributed by atoms with Crippen LogP contribution in [0.5, 0.6) is 5.75 Å². The van der Waals surface area contributed by atoms with E-state index < -0.39 is 23.7 Å². The molecule has 6 rings (SSSR count). The summed E-state index contributed by atoms with van der Waals surface area (Å²) in [5, 5.41) is 11.8. The summed E-state index contributed by atoms with van der Waals surface area (Å²) in [5.41, 5.74) is 3.90. The van der Waals surface area contributed by atoms with E-state index in [-0.39, 0.29) is 17.4 Å². The van der Waals surface area contributed by atoms with Gasteiger partial charge in [0, 0.05) is 12.0 Å². The molecule has 4 aromatic rings. The number of hydrogen-bond donors (Lipinski definition) is 1. The molecule has 0 bridgehead atoms. The van der Waals surface area contributed by atoms with Gasteiger partial charge in [0.25, 0.3) is 5.78 Å². The highest BCUT2D eigenvalue weighted by Gasteiger charge is 2.48. The zero-order chi connectivity index (χ0) is 27.4. The van der Waals surface area contributed by atoms with Gasteiger partial charge in [0.2, 0.25) is 0 Å². The quantitative estimate of drug-likeness (QED) is 0.161. The van der Waals surface area contributed by atoms with Gasteiger partial charge in [0.1, 0.15) is 17.6 Å². The van der Waals surface area contributed by atoms with Gasteiger partial charge >= 0.3 is 11.9 Å². The van der Waals surface area contributed by atoms with E-state index in [1.807, 2.05) is 32.0 Å². The van der Waals surface area contributed by atoms with Gasteiger partial charge in [-0.1, -0.05) is 29.5 Å². The average molecular weight is 541 g/mol. The Bertz CT molecular complexity index is 1700. The van der Waals surface area contributed by atoms with Crippen molar-refractivity contribution < 1.29 is 29.0 Å². The lowest BCUT2D eigenvalue weighted by Crippen LogP contribution is -2.29. The number of aliphatic hydroxyl groups is 1. The number of aliphatic hydroxyl groups excluding tert-OH is 1. The second-order valence-corrected chi connectivity index (χ2v) is 10.7. The van der Waals surface area contributed by atoms with Crippen molar-refractivity contribution in [2.75, 3.05) is 12.0 Å². The maximum Gasteiger partial charge on any atom is 0.337 e. The van der Waals surface area contributed by atoms with Crippen molar-refractivity contribution >= 4 is 50.1 Å². The molecule has 1 N–H and O–H groups in total. The fourth-order valence-corrected chi connectivity index (χ4v) is 6.20. The van der Waals surface area contributed by atoms with Gasteiger partial charge in [-0.05, 0) is 73.0 Å². The van der Waals surface area contributed by atoms with Gasteiger partial charge in [0.05, 0.1) is 34.5 Å². The van der Waals surface area contributed by atoms with Crippen molar-refractivity contribution in [1.82, 2.24) is 4.98 Å². The lowest BCUT2D eigenvalue weighted by atomic mass is 9.94. The van der Waals surface area contributed by atoms with Crippen LogP contribution in [0.3, 0.4) is 0 Å². The molecule has 2 aliphatic rings. The summed E-state index contributed by atoms with van der Waals surface area (Å²) in [6, 6.07) is 16.5. The number of hydrogen-bond acceptors (Lipinski definition) is 8. The van der Waals surface area contributed by atoms with E-state index >= 15 is 0 Å². The number of methoxy groups -OCH3 is 1. The number of rotatable bonds is 4. The van der Waals surface area contributed by atoms with Gasteiger partial charge in [-0.25, -0.2) is 9.78 Å². The Labute approximate surface area is 228 Å². The largest absolute Gasteiger partial charge is 0.507 e. The molecular formula is C30H24N2O6S. The van der Waals surface area contributed by atoms with Gasteiger partial charge in [-0.3, -0.25) is 14.5 Å². The van der Waals surface area contributed by atoms with Crippen LogP contribution >= 0.6 is 11.3 Å². The Morgan fingerprint density at radius 3 is 2.56 bits per heavy atom. The Kier molecular flexibility index (Phi) is 5.95. The molecule has 1 aromatic heterocycles. The summed E-state index contributed by atoms with van der Waals surface area (Å²) in [5.74, 6) is -1.65. The van der Waals surface area contributed by atoms with Crippen molar-refractivity contribution in [2.24, 2.45) is 0 Å². The molecule has 3 aromatic carbocycles. The number of anilines is 1. The van der Waals surface area contributed by atoms with Crippen LogP contribution in [0.15, 0.2) is 66.2 Å². The number of ketones is 1. The molecular weight excluding hydrogens is 516 g/mol. The Morgan fingerprint density at radius 1 is 1.08 bits per heavy atom. The SMILES string of the molecule is COC(=O)c1ccc([C@@H]2C(=C(O)c3ccc4c(c3)C[C@@H](C)O4)C(=O)C(=O)N2c2nc3ccc(C)cc3s2)cc1. The van der Waals surface area contributed by atoms with E-state index in [0.717, 1.165) is 21.6 Å². The summed E-state index contributed by atoms with van der Waals surface area (Å²) in [6.07, 6.45) is 0.688. The van der Waals surface area contributed by atoms with Crippen LogP contribution in [0.2, 0.25) is 0 Å². The van der Waals surface area contributed by atoms with Crippen LogP contribution in [0.1, 0.15) is 45.6 Å². The highest BCUT2D eigenvalue weighted by Crippen LogP contribution is 2.45. The molecule has 0 unspecified atom stereocenters. The summed E-state index contributed by atoms with van der Waals surface area (Å²) in [7, 11) is 1.29. The summed E-state index contributed by atoms with van der Waals surface area (Å²) in [4.78, 5) is 45.1. The van der Waals surface area contributed by atoms with Gasteiger partial charge in [-0.15, -0.1) is 0 Å². The molecule has 196 valence electrons. The van der Waals surface area contributed by atoms with Crippen molar-refractivity contribution in [1.29, 1.82) is 0 Å². The fraction of sp³-hybridized carbons (Fsp3) is 0.200. The number of amides is 1. The van der Waals surface area contributed by atoms with E-state index in [0.29, 0.717) is 33.8 Å². The number of benzene rings is 3. The van der Waals surface area contributed by atoms with Crippen LogP contribution in [0.25, 0.3) is 16.0 Å². The first kappa shape index (κ1) is 24.8. The highest BCUT2D eigenvalue weighted by molar-refractivity contribution is 7.22. The van der Waals surface area contributed by atoms with E-state index in [1.54, 1.807) is 42.5 Å². The number of ether oxygens (including phenoxy) is 2. The second kappa shape index (κ2) is 9.36. The third-order valence-corrected chi connectivity index (χ3v) is 8.02. The Morgan fingerprint density at radius 2 is 1.82 bits per heavy atom. The van der Waals surface area contributed by atoms with Crippen LogP contribution < -0.4 is 9.64 Å². The molecule has 0 spiro atoms. The molecule has 1 amide bonds. The Hall–Kier alpha value is -4.50. The third kappa shape index (κ3) is 4.15. The number of Topliss-reactive ketones (excluding diaryl/α,β-unsaturated/α-hetero) is 1. The molecule has 3 heterocycles. The zero-order valence-corrected chi connectivity index (χ0v) is 22.2. The average Bonchev–Trinajstić information content (AvgIpc) is 3.59. The lowest BCUT2D eigenvalue weighted by molar-refractivity contribution is -0.132. The van der Waals surface area contributed by atoms with Gasteiger partial charge < -0.3 is 14.6 Å². The van der Waals surface area contributed by atoms with Crippen molar-refractivity contribution in [2.45, 2.75) is 32.4 Å². The van der Waals surface area contributed by atoms with Crippen LogP contribution in [-0.2, 0) is 20.7 Å². The third-order valence-electron chi connectivity index (χ3n) is 7.00. The standard InChI is InChI=1S/C30H24N2O6S/c1-15-4-10-21-23(12-15)39-30(31-21)32-25(17-5-7-18(8-6-17)29(36)37-3)24(27(34)28(32)35)26(33)19-9-11-22-20(14-19)13-16(2)38-22/h4-12,14,16,25,33H,13H2,1-3H3/t16-,25-/m1/s1. The van der Waals surface area contributed by atoms with Crippen LogP contribution in [-0.4, -0.2) is 41.0 Å². The fourth-order valence-electron chi connectivity index (χ4n) is 5.11. The smallest absolute Gasteiger partial charge is 0.337 e. The Balaban J connectivity index is 1.52. The maximum absolute atomic E-state index is 13.5. The molecule has 0 radical (unpaired) electrons. The molecule has 2 aliphatic heterocycles. The minimum atomic E-state index is -0.957. The van der Waals surface area contributed by atoms with Crippen LogP contribution in [0, 0.1) is 6.92 Å². The van der Waals surface area contributed by atoms with Gasteiger partial charge in [-0.2, -0.15) is 0 Å². The number of aromatic nitrogens is 1. The number of fused-ring (bicyclic) bond motifs is 2.